The van der Waals surface area contributed by atoms with Crippen molar-refractivity contribution in [2.24, 2.45) is 29.6 Å². The zero-order valence-electron chi connectivity index (χ0n) is 37.9. The van der Waals surface area contributed by atoms with E-state index in [1.807, 2.05) is 32.9 Å². The number of hydrogen-bond acceptors (Lipinski definition) is 12. The van der Waals surface area contributed by atoms with Crippen LogP contribution in [0, 0.1) is 29.6 Å². The van der Waals surface area contributed by atoms with Crippen LogP contribution < -0.4 is 0 Å². The number of esters is 1. The Labute approximate surface area is 358 Å². The molecule has 15 atom stereocenters. The smallest absolute Gasteiger partial charge is 0.329 e. The zero-order chi connectivity index (χ0) is 44.1. The van der Waals surface area contributed by atoms with E-state index in [4.69, 9.17) is 33.2 Å². The van der Waals surface area contributed by atoms with E-state index in [9.17, 15) is 19.8 Å². The minimum atomic E-state index is -1.51. The highest BCUT2D eigenvalue weighted by Crippen LogP contribution is 2.50. The molecule has 1 aliphatic carbocycles. The van der Waals surface area contributed by atoms with Crippen LogP contribution in [-0.4, -0.2) is 127 Å². The van der Waals surface area contributed by atoms with Crippen LogP contribution >= 0.6 is 0 Å². The van der Waals surface area contributed by atoms with E-state index < -0.39 is 78.0 Å². The van der Waals surface area contributed by atoms with Crippen molar-refractivity contribution in [3.63, 3.8) is 0 Å². The van der Waals surface area contributed by atoms with Crippen LogP contribution in [0.4, 0.5) is 0 Å². The third-order valence-corrected chi connectivity index (χ3v) is 13.8. The average Bonchev–Trinajstić information content (AvgIpc) is 3.49. The number of allylic oxidation sites excluding steroid dienone is 4. The number of cyclic esters (lactones) is 1. The Balaban J connectivity index is 1.58. The number of aliphatic hydroxyl groups excluding tert-OH is 2. The summed E-state index contributed by atoms with van der Waals surface area (Å²) in [5, 5.41) is 22.3. The van der Waals surface area contributed by atoms with Gasteiger partial charge in [-0.25, -0.2) is 4.79 Å². The van der Waals surface area contributed by atoms with E-state index in [1.165, 1.54) is 0 Å². The molecule has 5 aliphatic rings. The number of nitrogens with zero attached hydrogens (tertiary/aromatic N) is 1. The van der Waals surface area contributed by atoms with Crippen molar-refractivity contribution in [2.75, 3.05) is 27.9 Å². The van der Waals surface area contributed by atoms with Crippen LogP contribution in [0.2, 0.25) is 0 Å². The molecule has 3 saturated heterocycles. The molecule has 5 rings (SSSR count). The van der Waals surface area contributed by atoms with Crippen molar-refractivity contribution in [3.8, 4) is 0 Å². The van der Waals surface area contributed by atoms with Gasteiger partial charge >= 0.3 is 5.97 Å². The molecule has 0 aromatic carbocycles. The summed E-state index contributed by atoms with van der Waals surface area (Å²) >= 11 is 0. The molecule has 0 aromatic heterocycles. The molecule has 2 bridgehead atoms. The highest BCUT2D eigenvalue weighted by molar-refractivity contribution is 5.88. The number of Topliss-reactive ketones (excluding diaryl/α,β-unsaturated/α-hetero) is 1. The van der Waals surface area contributed by atoms with Gasteiger partial charge < -0.3 is 48.3 Å². The van der Waals surface area contributed by atoms with Crippen LogP contribution in [0.3, 0.4) is 0 Å². The van der Waals surface area contributed by atoms with Gasteiger partial charge in [-0.3, -0.25) is 9.59 Å². The predicted molar refractivity (Wildman–Crippen MR) is 225 cm³/mol. The fourth-order valence-electron chi connectivity index (χ4n) is 10.5. The van der Waals surface area contributed by atoms with E-state index in [2.05, 4.69) is 13.5 Å². The maximum Gasteiger partial charge on any atom is 0.329 e. The Kier molecular flexibility index (Phi) is 16.8. The first-order valence-electron chi connectivity index (χ1n) is 22.4. The summed E-state index contributed by atoms with van der Waals surface area (Å²) in [5.74, 6) is -5.22. The monoisotopic (exact) mass is 846 g/mol. The molecule has 0 radical (unpaired) electrons. The lowest BCUT2D eigenvalue weighted by Gasteiger charge is -2.50. The van der Waals surface area contributed by atoms with E-state index >= 15 is 4.79 Å². The Hall–Kier alpha value is -2.49. The van der Waals surface area contributed by atoms with Crippen molar-refractivity contribution in [3.05, 3.63) is 36.0 Å². The lowest BCUT2D eigenvalue weighted by atomic mass is 9.81. The lowest BCUT2D eigenvalue weighted by Crippen LogP contribution is -2.65. The number of amides is 1. The Bertz CT molecular complexity index is 1560. The highest BCUT2D eigenvalue weighted by Gasteiger charge is 2.66. The van der Waals surface area contributed by atoms with Gasteiger partial charge in [0, 0.05) is 52.0 Å². The quantitative estimate of drug-likeness (QED) is 0.220. The van der Waals surface area contributed by atoms with E-state index in [0.29, 0.717) is 70.8 Å². The molecule has 1 amide bonds. The summed E-state index contributed by atoms with van der Waals surface area (Å²) < 4.78 is 44.5. The Morgan fingerprint density at radius 2 is 1.60 bits per heavy atom. The minimum Gasteiger partial charge on any atom is -0.456 e. The highest BCUT2D eigenvalue weighted by atomic mass is 16.8. The average molecular weight is 846 g/mol. The first-order chi connectivity index (χ1) is 28.4. The normalized spacial score (nSPS) is 42.5. The summed E-state index contributed by atoms with van der Waals surface area (Å²) in [6.45, 7) is 17.6. The number of ketones is 1. The fourth-order valence-corrected chi connectivity index (χ4v) is 10.5. The van der Waals surface area contributed by atoms with Crippen molar-refractivity contribution in [1.29, 1.82) is 0 Å². The summed E-state index contributed by atoms with van der Waals surface area (Å²) in [7, 11) is 4.89. The molecular weight excluding hydrogens is 771 g/mol. The predicted octanol–water partition coefficient (Wildman–Crippen LogP) is 6.23. The van der Waals surface area contributed by atoms with Gasteiger partial charge in [-0.1, -0.05) is 44.6 Å². The number of rotatable bonds is 7. The number of carbonyl (C=O) groups excluding carboxylic acids is 3. The van der Waals surface area contributed by atoms with Crippen molar-refractivity contribution in [2.45, 2.75) is 186 Å². The van der Waals surface area contributed by atoms with E-state index in [1.54, 1.807) is 53.1 Å². The van der Waals surface area contributed by atoms with Gasteiger partial charge in [0.05, 0.1) is 30.5 Å². The van der Waals surface area contributed by atoms with Gasteiger partial charge in [-0.2, -0.15) is 0 Å². The molecule has 1 saturated carbocycles. The van der Waals surface area contributed by atoms with E-state index in [0.717, 1.165) is 11.1 Å². The molecule has 0 aromatic rings. The number of methoxy groups -OCH3 is 3. The molecular formula is C47H75NO12. The SMILES string of the molecule is C=CC[C@@H]1/C=C(\C)C[C@H](C)C[C@H](OC)[C@H]2O[C@]3(OC(C)(C)O[C@H]3C(=O)N3CCCC[C@H]3C(=O)O[C@H](/C(C)=C/[C@@H]3CC[C@@H](O)[C@H](OC)C3)[C@H](C)[C@H](O)CC1=O)[C@H](C)C[C@@H]2OC. The first-order valence-corrected chi connectivity index (χ1v) is 22.4. The van der Waals surface area contributed by atoms with Crippen LogP contribution in [0.15, 0.2) is 36.0 Å². The number of ether oxygens (including phenoxy) is 7. The second-order valence-electron chi connectivity index (χ2n) is 19.0. The maximum atomic E-state index is 15.1. The van der Waals surface area contributed by atoms with Crippen molar-refractivity contribution in [1.82, 2.24) is 4.90 Å². The standard InChI is InChI=1S/C47H75NO12/c1-12-15-33-21-27(2)20-28(3)22-39(55-10)42-40(56-11)24-30(5)47(58-42)43(59-46(7,8)60-47)44(52)48-19-14-13-16-34(48)45(53)57-41(31(6)36(50)26-37(33)51)29(4)23-32-17-18-35(49)38(25-32)54-9/h12,21,23,28,30-36,38-43,49-50H,1,13-20,22,24-26H2,2-11H3/b27-21+,29-23+/t28-,30+,31+,32-,33+,34-,35+,36+,38+,39-,40-,41+,42+,43-,47-/m0/s1. The Morgan fingerprint density at radius 3 is 2.27 bits per heavy atom. The van der Waals surface area contributed by atoms with Crippen LogP contribution in [0.5, 0.6) is 0 Å². The molecule has 340 valence electrons. The van der Waals surface area contributed by atoms with Gasteiger partial charge in [-0.15, -0.1) is 6.58 Å². The topological polar surface area (TPSA) is 160 Å². The number of carbonyl (C=O) groups is 3. The summed E-state index contributed by atoms with van der Waals surface area (Å²) in [5.41, 5.74) is 1.75. The van der Waals surface area contributed by atoms with Gasteiger partial charge in [0.1, 0.15) is 24.0 Å². The van der Waals surface area contributed by atoms with Gasteiger partial charge in [0.15, 0.2) is 11.9 Å². The second-order valence-corrected chi connectivity index (χ2v) is 19.0. The zero-order valence-corrected chi connectivity index (χ0v) is 37.9. The van der Waals surface area contributed by atoms with Crippen LogP contribution in [-0.2, 0) is 47.5 Å². The summed E-state index contributed by atoms with van der Waals surface area (Å²) in [6, 6.07) is -0.937. The van der Waals surface area contributed by atoms with Crippen molar-refractivity contribution >= 4 is 17.7 Å². The molecule has 60 heavy (non-hydrogen) atoms. The van der Waals surface area contributed by atoms with Crippen LogP contribution in [0.1, 0.15) is 119 Å². The molecule has 1 spiro atoms. The fraction of sp³-hybridized carbons (Fsp3) is 0.809. The Morgan fingerprint density at radius 1 is 0.917 bits per heavy atom. The van der Waals surface area contributed by atoms with E-state index in [-0.39, 0.29) is 42.2 Å². The number of hydrogen-bond donors (Lipinski definition) is 2. The third kappa shape index (κ3) is 11.0. The molecule has 0 unspecified atom stereocenters. The molecule has 4 heterocycles. The number of fused-ring (bicyclic) bond motifs is 2. The van der Waals surface area contributed by atoms with Gasteiger partial charge in [0.25, 0.3) is 5.91 Å². The first kappa shape index (κ1) is 48.5. The third-order valence-electron chi connectivity index (χ3n) is 13.8. The number of piperidine rings is 1. The molecule has 4 aliphatic heterocycles. The van der Waals surface area contributed by atoms with Crippen molar-refractivity contribution < 1.29 is 57.8 Å². The van der Waals surface area contributed by atoms with Crippen LogP contribution in [0.25, 0.3) is 0 Å². The van der Waals surface area contributed by atoms with Gasteiger partial charge in [0.2, 0.25) is 5.79 Å². The second kappa shape index (κ2) is 20.8. The lowest BCUT2D eigenvalue weighted by molar-refractivity contribution is -0.342. The molecule has 2 N–H and O–H groups in total. The largest absolute Gasteiger partial charge is 0.456 e. The summed E-state index contributed by atoms with van der Waals surface area (Å²) in [4.78, 5) is 45.3. The molecule has 13 heteroatoms. The minimum absolute atomic E-state index is 0.0316. The van der Waals surface area contributed by atoms with Gasteiger partial charge in [-0.05, 0) is 109 Å². The maximum absolute atomic E-state index is 15.1. The molecule has 4 fully saturated rings. The number of aliphatic hydroxyl groups is 2. The summed E-state index contributed by atoms with van der Waals surface area (Å²) in [6.07, 6.45) is 5.86. The molecule has 13 nitrogen and oxygen atoms in total.